The van der Waals surface area contributed by atoms with E-state index in [1.807, 2.05) is 13.8 Å². The van der Waals surface area contributed by atoms with Crippen LogP contribution in [0.4, 0.5) is 13.2 Å². The molecule has 6 nitrogen and oxygen atoms in total. The fourth-order valence-corrected chi connectivity index (χ4v) is 2.33. The molecule has 0 amide bonds. The summed E-state index contributed by atoms with van der Waals surface area (Å²) in [4.78, 5) is 6.73. The molecule has 1 aromatic rings. The molecule has 23 heavy (non-hydrogen) atoms. The number of nitrogens with zero attached hydrogens (tertiary/aromatic N) is 2. The van der Waals surface area contributed by atoms with Crippen LogP contribution in [0.25, 0.3) is 0 Å². The molecule has 2 rings (SSSR count). The van der Waals surface area contributed by atoms with E-state index in [1.165, 1.54) is 0 Å². The molecular formula is C14H19F3N2O4. The van der Waals surface area contributed by atoms with Crippen molar-refractivity contribution < 1.29 is 32.9 Å². The van der Waals surface area contributed by atoms with Crippen LogP contribution in [0.3, 0.4) is 0 Å². The Morgan fingerprint density at radius 2 is 2.00 bits per heavy atom. The molecular weight excluding hydrogens is 317 g/mol. The van der Waals surface area contributed by atoms with E-state index in [2.05, 4.69) is 9.97 Å². The number of aliphatic hydroxyl groups excluding tert-OH is 2. The van der Waals surface area contributed by atoms with Gasteiger partial charge in [0.25, 0.3) is 0 Å². The lowest BCUT2D eigenvalue weighted by Gasteiger charge is -2.37. The van der Waals surface area contributed by atoms with Gasteiger partial charge in [-0.25, -0.2) is 4.98 Å². The summed E-state index contributed by atoms with van der Waals surface area (Å²) in [6.45, 7) is 3.83. The topological polar surface area (TPSA) is 84.7 Å². The molecule has 1 fully saturated rings. The molecule has 4 atom stereocenters. The van der Waals surface area contributed by atoms with Gasteiger partial charge in [-0.3, -0.25) is 4.98 Å². The number of alkyl halides is 3. The highest BCUT2D eigenvalue weighted by atomic mass is 19.4. The molecule has 130 valence electrons. The average molecular weight is 336 g/mol. The fourth-order valence-electron chi connectivity index (χ4n) is 2.33. The summed E-state index contributed by atoms with van der Waals surface area (Å²) in [6, 6.07) is 0. The van der Waals surface area contributed by atoms with Crippen LogP contribution in [0.1, 0.15) is 26.0 Å². The molecule has 0 spiro atoms. The van der Waals surface area contributed by atoms with Gasteiger partial charge in [0.1, 0.15) is 12.2 Å². The first-order valence-electron chi connectivity index (χ1n) is 7.22. The minimum atomic E-state index is -4.64. The average Bonchev–Trinajstić information content (AvgIpc) is 2.46. The number of ether oxygens (including phenoxy) is 2. The standard InChI is InChI=1S/C14H19F3N2O4/c1-7(2)3-8-12(20)13(21)9(6-22-8)23-11-5-18-4-10(19-11)14(15,16)17/h4-5,7-9,12-13,20-21H,3,6H2,1-2H3/t8-,9+,12+,13-/m1/s1. The number of halogens is 3. The summed E-state index contributed by atoms with van der Waals surface area (Å²) in [6.07, 6.45) is -6.55. The molecule has 1 saturated heterocycles. The minimum absolute atomic E-state index is 0.0620. The zero-order valence-electron chi connectivity index (χ0n) is 12.7. The van der Waals surface area contributed by atoms with Crippen LogP contribution in [0, 0.1) is 5.92 Å². The number of hydrogen-bond donors (Lipinski definition) is 2. The van der Waals surface area contributed by atoms with Gasteiger partial charge >= 0.3 is 6.18 Å². The van der Waals surface area contributed by atoms with E-state index in [9.17, 15) is 23.4 Å². The molecule has 1 aromatic heterocycles. The van der Waals surface area contributed by atoms with Crippen molar-refractivity contribution in [3.63, 3.8) is 0 Å². The Morgan fingerprint density at radius 1 is 1.30 bits per heavy atom. The fraction of sp³-hybridized carbons (Fsp3) is 0.714. The summed E-state index contributed by atoms with van der Waals surface area (Å²) < 4.78 is 48.4. The van der Waals surface area contributed by atoms with Crippen LogP contribution >= 0.6 is 0 Å². The number of aromatic nitrogens is 2. The Hall–Kier alpha value is -1.45. The zero-order chi connectivity index (χ0) is 17.2. The van der Waals surface area contributed by atoms with Gasteiger partial charge in [0.15, 0.2) is 11.8 Å². The van der Waals surface area contributed by atoms with E-state index in [-0.39, 0.29) is 18.4 Å². The first-order valence-corrected chi connectivity index (χ1v) is 7.22. The van der Waals surface area contributed by atoms with Gasteiger partial charge in [0, 0.05) is 0 Å². The quantitative estimate of drug-likeness (QED) is 0.865. The molecule has 1 aliphatic rings. The molecule has 2 N–H and O–H groups in total. The first kappa shape index (κ1) is 17.9. The minimum Gasteiger partial charge on any atom is -0.468 e. The second kappa shape index (κ2) is 6.98. The maximum atomic E-state index is 12.6. The zero-order valence-corrected chi connectivity index (χ0v) is 12.7. The van der Waals surface area contributed by atoms with Crippen LogP contribution in [-0.2, 0) is 10.9 Å². The highest BCUT2D eigenvalue weighted by Gasteiger charge is 2.40. The Kier molecular flexibility index (Phi) is 5.43. The molecule has 0 unspecified atom stereocenters. The third-order valence-electron chi connectivity index (χ3n) is 3.47. The van der Waals surface area contributed by atoms with E-state index < -0.39 is 36.3 Å². The largest absolute Gasteiger partial charge is 0.468 e. The lowest BCUT2D eigenvalue weighted by molar-refractivity contribution is -0.184. The smallest absolute Gasteiger partial charge is 0.435 e. The van der Waals surface area contributed by atoms with Crippen molar-refractivity contribution in [1.82, 2.24) is 9.97 Å². The molecule has 0 aromatic carbocycles. The van der Waals surface area contributed by atoms with Gasteiger partial charge in [0.05, 0.1) is 25.1 Å². The van der Waals surface area contributed by atoms with Crippen LogP contribution in [-0.4, -0.2) is 51.2 Å². The SMILES string of the molecule is CC(C)C[C@H]1OC[C@H](Oc2cncc(C(F)(F)F)n2)[C@@H](O)[C@H]1O. The second-order valence-corrected chi connectivity index (χ2v) is 5.88. The van der Waals surface area contributed by atoms with E-state index in [0.29, 0.717) is 12.6 Å². The third kappa shape index (κ3) is 4.52. The summed E-state index contributed by atoms with van der Waals surface area (Å²) >= 11 is 0. The maximum Gasteiger partial charge on any atom is 0.435 e. The number of rotatable bonds is 4. The number of hydrogen-bond acceptors (Lipinski definition) is 6. The van der Waals surface area contributed by atoms with Crippen LogP contribution < -0.4 is 4.74 Å². The molecule has 2 heterocycles. The molecule has 0 radical (unpaired) electrons. The first-order chi connectivity index (χ1) is 10.7. The summed E-state index contributed by atoms with van der Waals surface area (Å²) in [7, 11) is 0. The molecule has 1 aliphatic heterocycles. The van der Waals surface area contributed by atoms with Crippen molar-refractivity contribution in [3.8, 4) is 5.88 Å². The number of aliphatic hydroxyl groups is 2. The third-order valence-corrected chi connectivity index (χ3v) is 3.47. The predicted octanol–water partition coefficient (Wildman–Crippen LogP) is 1.41. The van der Waals surface area contributed by atoms with Gasteiger partial charge in [-0.15, -0.1) is 0 Å². The molecule has 9 heteroatoms. The molecule has 0 bridgehead atoms. The van der Waals surface area contributed by atoms with E-state index in [1.54, 1.807) is 0 Å². The lowest BCUT2D eigenvalue weighted by atomic mass is 9.94. The van der Waals surface area contributed by atoms with Crippen molar-refractivity contribution in [2.75, 3.05) is 6.61 Å². The highest BCUT2D eigenvalue weighted by molar-refractivity contribution is 5.11. The second-order valence-electron chi connectivity index (χ2n) is 5.88. The molecule has 0 aliphatic carbocycles. The monoisotopic (exact) mass is 336 g/mol. The van der Waals surface area contributed by atoms with Crippen molar-refractivity contribution in [3.05, 3.63) is 18.1 Å². The maximum absolute atomic E-state index is 12.6. The van der Waals surface area contributed by atoms with E-state index in [4.69, 9.17) is 9.47 Å². The van der Waals surface area contributed by atoms with Gasteiger partial charge in [-0.2, -0.15) is 13.2 Å². The van der Waals surface area contributed by atoms with Crippen molar-refractivity contribution in [2.24, 2.45) is 5.92 Å². The normalized spacial score (nSPS) is 28.9. The van der Waals surface area contributed by atoms with Gasteiger partial charge < -0.3 is 19.7 Å². The van der Waals surface area contributed by atoms with Crippen molar-refractivity contribution in [2.45, 2.75) is 50.9 Å². The lowest BCUT2D eigenvalue weighted by Crippen LogP contribution is -2.55. The summed E-state index contributed by atoms with van der Waals surface area (Å²) in [5.74, 6) is -0.129. The predicted molar refractivity (Wildman–Crippen MR) is 72.7 cm³/mol. The Balaban J connectivity index is 2.04. The Labute approximate surface area is 131 Å². The van der Waals surface area contributed by atoms with Crippen molar-refractivity contribution >= 4 is 0 Å². The van der Waals surface area contributed by atoms with Gasteiger partial charge in [0.2, 0.25) is 5.88 Å². The Morgan fingerprint density at radius 3 is 2.61 bits per heavy atom. The highest BCUT2D eigenvalue weighted by Crippen LogP contribution is 2.29. The van der Waals surface area contributed by atoms with Crippen molar-refractivity contribution in [1.29, 1.82) is 0 Å². The summed E-state index contributed by atoms with van der Waals surface area (Å²) in [5.41, 5.74) is -1.19. The van der Waals surface area contributed by atoms with Gasteiger partial charge in [-0.1, -0.05) is 13.8 Å². The van der Waals surface area contributed by atoms with Crippen LogP contribution in [0.15, 0.2) is 12.4 Å². The summed E-state index contributed by atoms with van der Waals surface area (Å²) in [5, 5.41) is 20.1. The molecule has 0 saturated carbocycles. The van der Waals surface area contributed by atoms with E-state index >= 15 is 0 Å². The van der Waals surface area contributed by atoms with Gasteiger partial charge in [-0.05, 0) is 12.3 Å². The Bertz CT molecular complexity index is 527. The van der Waals surface area contributed by atoms with E-state index in [0.717, 1.165) is 6.20 Å². The van der Waals surface area contributed by atoms with Crippen LogP contribution in [0.5, 0.6) is 5.88 Å². The van der Waals surface area contributed by atoms with Crippen LogP contribution in [0.2, 0.25) is 0 Å².